The molecule has 0 aliphatic carbocycles. The van der Waals surface area contributed by atoms with E-state index in [1.54, 1.807) is 24.3 Å². The van der Waals surface area contributed by atoms with Gasteiger partial charge in [0.15, 0.2) is 0 Å². The van der Waals surface area contributed by atoms with Crippen LogP contribution in [-0.4, -0.2) is 40.4 Å². The number of benzene rings is 1. The van der Waals surface area contributed by atoms with Crippen molar-refractivity contribution in [2.24, 2.45) is 0 Å². The highest BCUT2D eigenvalue weighted by Crippen LogP contribution is 2.42. The maximum atomic E-state index is 14.6. The Morgan fingerprint density at radius 2 is 2.11 bits per heavy atom. The number of methoxy groups -OCH3 is 1. The number of hydrogen-bond acceptors (Lipinski definition) is 10. The van der Waals surface area contributed by atoms with E-state index in [0.717, 1.165) is 10.6 Å². The van der Waals surface area contributed by atoms with Gasteiger partial charge in [-0.1, -0.05) is 11.8 Å². The lowest BCUT2D eigenvalue weighted by atomic mass is 10.0. The summed E-state index contributed by atoms with van der Waals surface area (Å²) in [6.07, 6.45) is 1.48. The highest BCUT2D eigenvalue weighted by atomic mass is 32.2. The van der Waals surface area contributed by atoms with Gasteiger partial charge in [0.05, 0.1) is 31.5 Å². The average molecular weight is 549 g/mol. The van der Waals surface area contributed by atoms with Gasteiger partial charge in [0.25, 0.3) is 0 Å². The Balaban J connectivity index is 1.66. The SMILES string of the molecule is [C-]#[N+]c1c(N)nc(SCc2nc(-c3ccc(OC)cc3F)sc2C)c(C#N)c1-c1ccc(OCCO)nc1. The predicted molar refractivity (Wildman–Crippen MR) is 144 cm³/mol. The van der Waals surface area contributed by atoms with Crippen molar-refractivity contribution in [3.05, 3.63) is 69.9 Å². The number of nitriles is 1. The van der Waals surface area contributed by atoms with E-state index < -0.39 is 5.82 Å². The van der Waals surface area contributed by atoms with Gasteiger partial charge in [-0.15, -0.1) is 11.3 Å². The minimum atomic E-state index is -0.431. The summed E-state index contributed by atoms with van der Waals surface area (Å²) >= 11 is 2.62. The highest BCUT2D eigenvalue weighted by Gasteiger charge is 2.22. The number of hydrogen-bond donors (Lipinski definition) is 2. The smallest absolute Gasteiger partial charge is 0.237 e. The second-order valence-electron chi connectivity index (χ2n) is 7.74. The van der Waals surface area contributed by atoms with Crippen LogP contribution in [-0.2, 0) is 5.75 Å². The summed E-state index contributed by atoms with van der Waals surface area (Å²) in [5.41, 5.74) is 8.29. The molecule has 0 aliphatic heterocycles. The van der Waals surface area contributed by atoms with Crippen LogP contribution in [0.3, 0.4) is 0 Å². The van der Waals surface area contributed by atoms with Crippen molar-refractivity contribution >= 4 is 34.6 Å². The third-order valence-corrected chi connectivity index (χ3v) is 7.43. The molecule has 3 heterocycles. The minimum absolute atomic E-state index is 0.00639. The van der Waals surface area contributed by atoms with E-state index >= 15 is 0 Å². The lowest BCUT2D eigenvalue weighted by Crippen LogP contribution is -2.03. The molecule has 3 aromatic heterocycles. The summed E-state index contributed by atoms with van der Waals surface area (Å²) in [7, 11) is 1.48. The maximum Gasteiger partial charge on any atom is 0.237 e. The molecule has 192 valence electrons. The van der Waals surface area contributed by atoms with Crippen LogP contribution in [0, 0.1) is 30.6 Å². The molecule has 0 saturated carbocycles. The van der Waals surface area contributed by atoms with Crippen LogP contribution in [0.4, 0.5) is 15.9 Å². The van der Waals surface area contributed by atoms with Crippen LogP contribution in [0.25, 0.3) is 26.5 Å². The number of nitrogens with zero attached hydrogens (tertiary/aromatic N) is 5. The Kier molecular flexibility index (Phi) is 8.38. The number of thiazole rings is 1. The highest BCUT2D eigenvalue weighted by molar-refractivity contribution is 7.98. The van der Waals surface area contributed by atoms with Crippen molar-refractivity contribution in [3.8, 4) is 39.4 Å². The molecule has 0 saturated heterocycles. The third-order valence-electron chi connectivity index (χ3n) is 5.40. The van der Waals surface area contributed by atoms with Crippen molar-refractivity contribution in [2.75, 3.05) is 26.1 Å². The summed E-state index contributed by atoms with van der Waals surface area (Å²) < 4.78 is 25.0. The Hall–Kier alpha value is -4.23. The van der Waals surface area contributed by atoms with Crippen LogP contribution in [0.5, 0.6) is 11.6 Å². The molecular weight excluding hydrogens is 527 g/mol. The van der Waals surface area contributed by atoms with Crippen LogP contribution in [0.2, 0.25) is 0 Å². The summed E-state index contributed by atoms with van der Waals surface area (Å²) in [5.74, 6) is 0.631. The number of aliphatic hydroxyl groups is 1. The van der Waals surface area contributed by atoms with Crippen LogP contribution < -0.4 is 15.2 Å². The van der Waals surface area contributed by atoms with Crippen molar-refractivity contribution in [3.63, 3.8) is 0 Å². The van der Waals surface area contributed by atoms with Crippen LogP contribution in [0.1, 0.15) is 16.1 Å². The Labute approximate surface area is 226 Å². The molecule has 3 N–H and O–H groups in total. The van der Waals surface area contributed by atoms with Gasteiger partial charge in [-0.2, -0.15) is 5.26 Å². The molecule has 0 atom stereocenters. The van der Waals surface area contributed by atoms with E-state index in [9.17, 15) is 9.65 Å². The molecule has 38 heavy (non-hydrogen) atoms. The van der Waals surface area contributed by atoms with Gasteiger partial charge in [-0.3, -0.25) is 0 Å². The Morgan fingerprint density at radius 3 is 2.74 bits per heavy atom. The van der Waals surface area contributed by atoms with Gasteiger partial charge in [0.1, 0.15) is 40.1 Å². The summed E-state index contributed by atoms with van der Waals surface area (Å²) in [4.78, 5) is 17.6. The lowest BCUT2D eigenvalue weighted by molar-refractivity contribution is 0.196. The van der Waals surface area contributed by atoms with Crippen molar-refractivity contribution < 1.29 is 19.0 Å². The van der Waals surface area contributed by atoms with E-state index in [-0.39, 0.29) is 30.3 Å². The lowest BCUT2D eigenvalue weighted by Gasteiger charge is -2.13. The number of aliphatic hydroxyl groups excluding tert-OH is 1. The summed E-state index contributed by atoms with van der Waals surface area (Å²) in [5, 5.41) is 19.8. The number of aryl methyl sites for hydroxylation is 1. The summed E-state index contributed by atoms with van der Waals surface area (Å²) in [6, 6.07) is 10.0. The third kappa shape index (κ3) is 5.53. The molecular formula is C26H21FN6O3S2. The second-order valence-corrected chi connectivity index (χ2v) is 9.91. The molecule has 0 radical (unpaired) electrons. The topological polar surface area (TPSA) is 132 Å². The normalized spacial score (nSPS) is 10.6. The first-order valence-corrected chi connectivity index (χ1v) is 12.9. The van der Waals surface area contributed by atoms with E-state index in [0.29, 0.717) is 44.1 Å². The quantitative estimate of drug-likeness (QED) is 0.209. The van der Waals surface area contributed by atoms with Gasteiger partial charge < -0.3 is 20.3 Å². The summed E-state index contributed by atoms with van der Waals surface area (Å²) in [6.45, 7) is 9.44. The van der Waals surface area contributed by atoms with E-state index in [4.69, 9.17) is 26.9 Å². The number of pyridine rings is 2. The molecule has 0 amide bonds. The van der Waals surface area contributed by atoms with Gasteiger partial charge >= 0.3 is 0 Å². The maximum absolute atomic E-state index is 14.6. The number of halogens is 1. The Bertz CT molecular complexity index is 1560. The van der Waals surface area contributed by atoms with Gasteiger partial charge in [0, 0.05) is 40.1 Å². The molecule has 0 unspecified atom stereocenters. The minimum Gasteiger partial charge on any atom is -0.497 e. The van der Waals surface area contributed by atoms with E-state index in [1.807, 2.05) is 6.92 Å². The largest absolute Gasteiger partial charge is 0.497 e. The molecule has 0 fully saturated rings. The molecule has 9 nitrogen and oxygen atoms in total. The average Bonchev–Trinajstić information content (AvgIpc) is 3.30. The molecule has 0 spiro atoms. The zero-order valence-electron chi connectivity index (χ0n) is 20.4. The first kappa shape index (κ1) is 26.8. The predicted octanol–water partition coefficient (Wildman–Crippen LogP) is 5.39. The molecule has 1 aromatic carbocycles. The molecule has 12 heteroatoms. The second kappa shape index (κ2) is 11.9. The van der Waals surface area contributed by atoms with Crippen LogP contribution >= 0.6 is 23.1 Å². The number of anilines is 1. The van der Waals surface area contributed by atoms with Crippen LogP contribution in [0.15, 0.2) is 41.6 Å². The van der Waals surface area contributed by atoms with E-state index in [1.165, 1.54) is 42.5 Å². The molecule has 4 rings (SSSR count). The van der Waals surface area contributed by atoms with Crippen molar-refractivity contribution in [2.45, 2.75) is 17.7 Å². The zero-order valence-corrected chi connectivity index (χ0v) is 22.0. The Morgan fingerprint density at radius 1 is 1.29 bits per heavy atom. The van der Waals surface area contributed by atoms with Gasteiger partial charge in [-0.05, 0) is 30.7 Å². The van der Waals surface area contributed by atoms with Gasteiger partial charge in [0.2, 0.25) is 11.6 Å². The first-order valence-electron chi connectivity index (χ1n) is 11.1. The molecule has 4 aromatic rings. The number of nitrogen functional groups attached to an aromatic ring is 1. The van der Waals surface area contributed by atoms with Gasteiger partial charge in [-0.25, -0.2) is 24.2 Å². The van der Waals surface area contributed by atoms with E-state index in [2.05, 4.69) is 25.9 Å². The number of aromatic nitrogens is 3. The number of rotatable bonds is 9. The molecule has 0 bridgehead atoms. The fraction of sp³-hybridized carbons (Fsp3) is 0.192. The number of thioether (sulfide) groups is 1. The monoisotopic (exact) mass is 548 g/mol. The number of ether oxygens (including phenoxy) is 2. The molecule has 0 aliphatic rings. The zero-order chi connectivity index (χ0) is 27.2. The fourth-order valence-electron chi connectivity index (χ4n) is 3.55. The standard InChI is InChI=1S/C26H21FN6O3S2/c1-14-20(32-26(38-14)17-6-5-16(35-3)10-19(17)27)13-37-25-18(11-28)22(23(30-2)24(29)33-25)15-4-7-21(31-12-15)36-9-8-34/h4-7,10,12,34H,8-9,13H2,1,3H3,(H2,29,33). The van der Waals surface area contributed by atoms with Crippen molar-refractivity contribution in [1.82, 2.24) is 15.0 Å². The van der Waals surface area contributed by atoms with Crippen molar-refractivity contribution in [1.29, 1.82) is 5.26 Å². The number of nitrogens with two attached hydrogens (primary N) is 1. The fourth-order valence-corrected chi connectivity index (χ4v) is 5.61. The first-order chi connectivity index (χ1) is 18.4.